The van der Waals surface area contributed by atoms with Crippen molar-refractivity contribution >= 4 is 11.8 Å². The SMILES string of the molecule is NCc1ccccc1OCCSCC1CCCC1. The Kier molecular flexibility index (Phi) is 5.88. The van der Waals surface area contributed by atoms with Crippen molar-refractivity contribution in [2.45, 2.75) is 32.2 Å². The molecule has 1 saturated carbocycles. The van der Waals surface area contributed by atoms with Gasteiger partial charge >= 0.3 is 0 Å². The Labute approximate surface area is 114 Å². The van der Waals surface area contributed by atoms with Gasteiger partial charge in [0.25, 0.3) is 0 Å². The van der Waals surface area contributed by atoms with Crippen molar-refractivity contribution in [3.8, 4) is 5.75 Å². The van der Waals surface area contributed by atoms with Gasteiger partial charge in [-0.2, -0.15) is 11.8 Å². The third kappa shape index (κ3) is 4.21. The van der Waals surface area contributed by atoms with E-state index in [-0.39, 0.29) is 0 Å². The molecule has 2 rings (SSSR count). The third-order valence-corrected chi connectivity index (χ3v) is 4.67. The Bertz CT molecular complexity index is 350. The van der Waals surface area contributed by atoms with E-state index in [1.807, 2.05) is 36.0 Å². The normalized spacial score (nSPS) is 16.1. The summed E-state index contributed by atoms with van der Waals surface area (Å²) >= 11 is 2.03. The zero-order valence-corrected chi connectivity index (χ0v) is 11.8. The lowest BCUT2D eigenvalue weighted by Crippen LogP contribution is -2.06. The van der Waals surface area contributed by atoms with Crippen LogP contribution in [0.2, 0.25) is 0 Å². The second-order valence-corrected chi connectivity index (χ2v) is 6.04. The molecular weight excluding hydrogens is 242 g/mol. The summed E-state index contributed by atoms with van der Waals surface area (Å²) < 4.78 is 5.79. The molecule has 3 heteroatoms. The topological polar surface area (TPSA) is 35.2 Å². The molecule has 2 nitrogen and oxygen atoms in total. The fraction of sp³-hybridized carbons (Fsp3) is 0.600. The van der Waals surface area contributed by atoms with Gasteiger partial charge in [0.05, 0.1) is 6.61 Å². The minimum atomic E-state index is 0.547. The minimum Gasteiger partial charge on any atom is -0.492 e. The van der Waals surface area contributed by atoms with Crippen LogP contribution in [0.25, 0.3) is 0 Å². The molecule has 0 atom stereocenters. The third-order valence-electron chi connectivity index (χ3n) is 3.51. The highest BCUT2D eigenvalue weighted by Gasteiger charge is 2.14. The molecule has 0 aliphatic heterocycles. The van der Waals surface area contributed by atoms with Crippen molar-refractivity contribution in [2.24, 2.45) is 11.7 Å². The van der Waals surface area contributed by atoms with Gasteiger partial charge in [0.1, 0.15) is 5.75 Å². The average molecular weight is 265 g/mol. The summed E-state index contributed by atoms with van der Waals surface area (Å²) in [5.74, 6) is 4.30. The molecule has 1 aliphatic rings. The lowest BCUT2D eigenvalue weighted by Gasteiger charge is -2.11. The molecule has 0 aromatic heterocycles. The summed E-state index contributed by atoms with van der Waals surface area (Å²) in [6.07, 6.45) is 5.74. The number of rotatable bonds is 7. The maximum atomic E-state index is 5.79. The number of thioether (sulfide) groups is 1. The summed E-state index contributed by atoms with van der Waals surface area (Å²) in [5.41, 5.74) is 6.77. The molecular formula is C15H23NOS. The van der Waals surface area contributed by atoms with Crippen LogP contribution in [0.15, 0.2) is 24.3 Å². The zero-order valence-electron chi connectivity index (χ0n) is 10.9. The number of hydrogen-bond acceptors (Lipinski definition) is 3. The first-order valence-corrected chi connectivity index (χ1v) is 8.04. The monoisotopic (exact) mass is 265 g/mol. The summed E-state index contributed by atoms with van der Waals surface area (Å²) in [5, 5.41) is 0. The predicted octanol–water partition coefficient (Wildman–Crippen LogP) is 3.45. The van der Waals surface area contributed by atoms with Gasteiger partial charge in [0, 0.05) is 17.9 Å². The van der Waals surface area contributed by atoms with Gasteiger partial charge < -0.3 is 10.5 Å². The Morgan fingerprint density at radius 2 is 2.00 bits per heavy atom. The largest absolute Gasteiger partial charge is 0.492 e. The van der Waals surface area contributed by atoms with Gasteiger partial charge in [-0.05, 0) is 30.6 Å². The van der Waals surface area contributed by atoms with Crippen molar-refractivity contribution in [3.05, 3.63) is 29.8 Å². The lowest BCUT2D eigenvalue weighted by molar-refractivity contribution is 0.340. The van der Waals surface area contributed by atoms with Gasteiger partial charge in [-0.1, -0.05) is 31.0 Å². The smallest absolute Gasteiger partial charge is 0.123 e. The van der Waals surface area contributed by atoms with E-state index in [0.717, 1.165) is 29.6 Å². The Balaban J connectivity index is 1.62. The van der Waals surface area contributed by atoms with E-state index >= 15 is 0 Å². The molecule has 18 heavy (non-hydrogen) atoms. The van der Waals surface area contributed by atoms with Crippen LogP contribution in [0.3, 0.4) is 0 Å². The molecule has 2 N–H and O–H groups in total. The maximum absolute atomic E-state index is 5.79. The Hall–Kier alpha value is -0.670. The summed E-state index contributed by atoms with van der Waals surface area (Å²) in [6.45, 7) is 1.33. The highest BCUT2D eigenvalue weighted by atomic mass is 32.2. The van der Waals surface area contributed by atoms with E-state index in [9.17, 15) is 0 Å². The van der Waals surface area contributed by atoms with Crippen LogP contribution < -0.4 is 10.5 Å². The van der Waals surface area contributed by atoms with E-state index < -0.39 is 0 Å². The standard InChI is InChI=1S/C15H23NOS/c16-11-14-7-3-4-8-15(14)17-9-10-18-12-13-5-1-2-6-13/h3-4,7-8,13H,1-2,5-6,9-12,16H2. The molecule has 1 aromatic rings. The van der Waals surface area contributed by atoms with Crippen LogP contribution in [-0.2, 0) is 6.54 Å². The number of benzene rings is 1. The van der Waals surface area contributed by atoms with Crippen LogP contribution in [0, 0.1) is 5.92 Å². The molecule has 0 amide bonds. The number of hydrogen-bond donors (Lipinski definition) is 1. The van der Waals surface area contributed by atoms with E-state index in [2.05, 4.69) is 0 Å². The average Bonchev–Trinajstić information content (AvgIpc) is 2.92. The molecule has 1 aliphatic carbocycles. The molecule has 0 bridgehead atoms. The second-order valence-electron chi connectivity index (χ2n) is 4.89. The molecule has 1 aromatic carbocycles. The van der Waals surface area contributed by atoms with Crippen LogP contribution >= 0.6 is 11.8 Å². The van der Waals surface area contributed by atoms with Gasteiger partial charge in [0.15, 0.2) is 0 Å². The molecule has 100 valence electrons. The van der Waals surface area contributed by atoms with Crippen LogP contribution in [0.1, 0.15) is 31.2 Å². The van der Waals surface area contributed by atoms with Gasteiger partial charge in [-0.3, -0.25) is 0 Å². The van der Waals surface area contributed by atoms with Crippen molar-refractivity contribution in [3.63, 3.8) is 0 Å². The van der Waals surface area contributed by atoms with Crippen LogP contribution in [-0.4, -0.2) is 18.1 Å². The highest BCUT2D eigenvalue weighted by molar-refractivity contribution is 7.99. The first-order valence-electron chi connectivity index (χ1n) is 6.88. The van der Waals surface area contributed by atoms with E-state index in [1.165, 1.54) is 31.4 Å². The molecule has 1 fully saturated rings. The number of nitrogens with two attached hydrogens (primary N) is 1. The fourth-order valence-corrected chi connectivity index (χ4v) is 3.49. The summed E-state index contributed by atoms with van der Waals surface area (Å²) in [7, 11) is 0. The fourth-order valence-electron chi connectivity index (χ4n) is 2.45. The first kappa shape index (κ1) is 13.8. The first-order chi connectivity index (χ1) is 8.90. The van der Waals surface area contributed by atoms with Crippen molar-refractivity contribution < 1.29 is 4.74 Å². The van der Waals surface area contributed by atoms with E-state index in [1.54, 1.807) is 0 Å². The summed E-state index contributed by atoms with van der Waals surface area (Å²) in [4.78, 5) is 0. The number of para-hydroxylation sites is 1. The quantitative estimate of drug-likeness (QED) is 0.767. The van der Waals surface area contributed by atoms with E-state index in [0.29, 0.717) is 6.54 Å². The van der Waals surface area contributed by atoms with E-state index in [4.69, 9.17) is 10.5 Å². The second kappa shape index (κ2) is 7.70. The van der Waals surface area contributed by atoms with Crippen LogP contribution in [0.4, 0.5) is 0 Å². The molecule has 0 spiro atoms. The predicted molar refractivity (Wildman–Crippen MR) is 79.1 cm³/mol. The molecule has 0 saturated heterocycles. The number of ether oxygens (including phenoxy) is 1. The Morgan fingerprint density at radius 3 is 2.78 bits per heavy atom. The Morgan fingerprint density at radius 1 is 1.22 bits per heavy atom. The van der Waals surface area contributed by atoms with Crippen molar-refractivity contribution in [1.82, 2.24) is 0 Å². The molecule has 0 unspecified atom stereocenters. The maximum Gasteiger partial charge on any atom is 0.123 e. The minimum absolute atomic E-state index is 0.547. The highest BCUT2D eigenvalue weighted by Crippen LogP contribution is 2.27. The van der Waals surface area contributed by atoms with Gasteiger partial charge in [-0.15, -0.1) is 0 Å². The lowest BCUT2D eigenvalue weighted by atomic mass is 10.1. The summed E-state index contributed by atoms with van der Waals surface area (Å²) in [6, 6.07) is 8.04. The van der Waals surface area contributed by atoms with Crippen molar-refractivity contribution in [1.29, 1.82) is 0 Å². The zero-order chi connectivity index (χ0) is 12.6. The molecule has 0 radical (unpaired) electrons. The van der Waals surface area contributed by atoms with Gasteiger partial charge in [-0.25, -0.2) is 0 Å². The van der Waals surface area contributed by atoms with Crippen molar-refractivity contribution in [2.75, 3.05) is 18.1 Å². The van der Waals surface area contributed by atoms with Gasteiger partial charge in [0.2, 0.25) is 0 Å². The van der Waals surface area contributed by atoms with Crippen LogP contribution in [0.5, 0.6) is 5.75 Å². The molecule has 0 heterocycles.